The van der Waals surface area contributed by atoms with Crippen LogP contribution in [0.3, 0.4) is 0 Å². The summed E-state index contributed by atoms with van der Waals surface area (Å²) in [5.74, 6) is 0.111. The third-order valence-corrected chi connectivity index (χ3v) is 5.31. The Hall–Kier alpha value is -2.69. The first kappa shape index (κ1) is 20.1. The lowest BCUT2D eigenvalue weighted by Gasteiger charge is -2.12. The van der Waals surface area contributed by atoms with Gasteiger partial charge < -0.3 is 5.32 Å². The van der Waals surface area contributed by atoms with Crippen molar-refractivity contribution in [2.45, 2.75) is 60.3 Å². The van der Waals surface area contributed by atoms with Gasteiger partial charge in [0.15, 0.2) is 5.65 Å². The molecule has 1 N–H and O–H groups in total. The van der Waals surface area contributed by atoms with Gasteiger partial charge in [0.25, 0.3) is 0 Å². The number of benzene rings is 1. The van der Waals surface area contributed by atoms with E-state index in [1.165, 1.54) is 11.1 Å². The van der Waals surface area contributed by atoms with Crippen molar-refractivity contribution in [3.8, 4) is 5.69 Å². The molecule has 1 aromatic carbocycles. The van der Waals surface area contributed by atoms with Crippen molar-refractivity contribution in [1.29, 1.82) is 0 Å². The summed E-state index contributed by atoms with van der Waals surface area (Å²) in [5.41, 5.74) is 7.39. The normalized spacial score (nSPS) is 11.2. The molecule has 148 valence electrons. The van der Waals surface area contributed by atoms with Gasteiger partial charge in [-0.25, -0.2) is 9.67 Å². The molecule has 0 saturated heterocycles. The second-order valence-electron chi connectivity index (χ2n) is 7.54. The molecule has 28 heavy (non-hydrogen) atoms. The molecule has 0 radical (unpaired) electrons. The van der Waals surface area contributed by atoms with Crippen molar-refractivity contribution in [2.75, 3.05) is 6.54 Å². The number of rotatable bonds is 7. The van der Waals surface area contributed by atoms with E-state index in [1.807, 2.05) is 18.5 Å². The molecule has 0 bridgehead atoms. The second kappa shape index (κ2) is 8.55. The van der Waals surface area contributed by atoms with Gasteiger partial charge in [0.05, 0.1) is 11.4 Å². The highest BCUT2D eigenvalue weighted by atomic mass is 16.1. The fraction of sp³-hybridized carbons (Fsp3) is 0.435. The zero-order chi connectivity index (χ0) is 20.3. The Kier molecular flexibility index (Phi) is 6.12. The minimum atomic E-state index is 0.111. The fourth-order valence-electron chi connectivity index (χ4n) is 3.67. The third kappa shape index (κ3) is 4.08. The molecule has 1 amide bonds. The molecule has 0 unspecified atom stereocenters. The van der Waals surface area contributed by atoms with Crippen LogP contribution in [0, 0.1) is 27.7 Å². The summed E-state index contributed by atoms with van der Waals surface area (Å²) in [5, 5.41) is 8.84. The first-order chi connectivity index (χ1) is 13.4. The summed E-state index contributed by atoms with van der Waals surface area (Å²) in [6.45, 7) is 11.1. The van der Waals surface area contributed by atoms with E-state index in [1.54, 1.807) is 0 Å². The number of fused-ring (bicyclic) bond motifs is 1. The number of carbonyl (C=O) groups is 1. The van der Waals surface area contributed by atoms with E-state index in [2.05, 4.69) is 50.4 Å². The topological polar surface area (TPSA) is 59.8 Å². The predicted octanol–water partition coefficient (Wildman–Crippen LogP) is 4.50. The number of carbonyl (C=O) groups excluding carboxylic acids is 1. The summed E-state index contributed by atoms with van der Waals surface area (Å²) in [6, 6.07) is 8.32. The number of amides is 1. The summed E-state index contributed by atoms with van der Waals surface area (Å²) in [6.07, 6.45) is 3.30. The van der Waals surface area contributed by atoms with Crippen molar-refractivity contribution in [1.82, 2.24) is 20.1 Å². The standard InChI is InChI=1S/C23H30N4O/c1-6-7-14-24-21(28)13-12-20-16(3)22-18(5)26-27(23(22)25-17(20)4)19-10-8-15(2)9-11-19/h8-11H,6-7,12-14H2,1-5H3,(H,24,28). The Morgan fingerprint density at radius 3 is 2.46 bits per heavy atom. The highest BCUT2D eigenvalue weighted by Gasteiger charge is 2.18. The summed E-state index contributed by atoms with van der Waals surface area (Å²) < 4.78 is 1.92. The maximum Gasteiger partial charge on any atom is 0.220 e. The van der Waals surface area contributed by atoms with Crippen molar-refractivity contribution in [2.24, 2.45) is 0 Å². The van der Waals surface area contributed by atoms with E-state index >= 15 is 0 Å². The van der Waals surface area contributed by atoms with E-state index in [9.17, 15) is 4.79 Å². The maximum absolute atomic E-state index is 12.1. The van der Waals surface area contributed by atoms with Crippen LogP contribution in [0.1, 0.15) is 54.3 Å². The average molecular weight is 379 g/mol. The van der Waals surface area contributed by atoms with Gasteiger partial charge in [-0.05, 0) is 63.8 Å². The number of nitrogens with zero attached hydrogens (tertiary/aromatic N) is 3. The lowest BCUT2D eigenvalue weighted by Crippen LogP contribution is -2.24. The molecule has 5 heteroatoms. The van der Waals surface area contributed by atoms with Gasteiger partial charge in [-0.1, -0.05) is 31.0 Å². The van der Waals surface area contributed by atoms with Gasteiger partial charge in [0.2, 0.25) is 5.91 Å². The molecule has 2 aromatic heterocycles. The number of aryl methyl sites for hydroxylation is 4. The minimum absolute atomic E-state index is 0.111. The van der Waals surface area contributed by atoms with Crippen LogP contribution in [-0.4, -0.2) is 27.2 Å². The molecule has 3 rings (SSSR count). The Balaban J connectivity index is 1.91. The quantitative estimate of drug-likeness (QED) is 0.616. The zero-order valence-electron chi connectivity index (χ0n) is 17.6. The Morgan fingerprint density at radius 2 is 1.79 bits per heavy atom. The van der Waals surface area contributed by atoms with E-state index in [0.29, 0.717) is 12.8 Å². The molecule has 0 aliphatic carbocycles. The highest BCUT2D eigenvalue weighted by Crippen LogP contribution is 2.28. The number of hydrogen-bond donors (Lipinski definition) is 1. The molecule has 0 spiro atoms. The molecule has 0 aliphatic rings. The van der Waals surface area contributed by atoms with Crippen molar-refractivity contribution in [3.05, 3.63) is 52.3 Å². The van der Waals surface area contributed by atoms with E-state index < -0.39 is 0 Å². The third-order valence-electron chi connectivity index (χ3n) is 5.31. The van der Waals surface area contributed by atoms with Crippen molar-refractivity contribution >= 4 is 16.9 Å². The van der Waals surface area contributed by atoms with Crippen LogP contribution in [-0.2, 0) is 11.2 Å². The predicted molar refractivity (Wildman–Crippen MR) is 114 cm³/mol. The second-order valence-corrected chi connectivity index (χ2v) is 7.54. The van der Waals surface area contributed by atoms with Crippen LogP contribution in [0.2, 0.25) is 0 Å². The van der Waals surface area contributed by atoms with E-state index in [-0.39, 0.29) is 5.91 Å². The first-order valence-corrected chi connectivity index (χ1v) is 10.1. The zero-order valence-corrected chi connectivity index (χ0v) is 17.6. The smallest absolute Gasteiger partial charge is 0.220 e. The Bertz CT molecular complexity index is 986. The molecular weight excluding hydrogens is 348 g/mol. The summed E-state index contributed by atoms with van der Waals surface area (Å²) >= 11 is 0. The van der Waals surface area contributed by atoms with E-state index in [0.717, 1.165) is 53.1 Å². The van der Waals surface area contributed by atoms with Crippen LogP contribution >= 0.6 is 0 Å². The molecule has 5 nitrogen and oxygen atoms in total. The summed E-state index contributed by atoms with van der Waals surface area (Å²) in [7, 11) is 0. The number of hydrogen-bond acceptors (Lipinski definition) is 3. The largest absolute Gasteiger partial charge is 0.356 e. The Labute approximate surface area is 167 Å². The van der Waals surface area contributed by atoms with E-state index in [4.69, 9.17) is 10.1 Å². The molecule has 0 atom stereocenters. The summed E-state index contributed by atoms with van der Waals surface area (Å²) in [4.78, 5) is 17.0. The van der Waals surface area contributed by atoms with Crippen molar-refractivity contribution < 1.29 is 4.79 Å². The van der Waals surface area contributed by atoms with Gasteiger partial charge >= 0.3 is 0 Å². The van der Waals surface area contributed by atoms with Gasteiger partial charge in [-0.3, -0.25) is 4.79 Å². The van der Waals surface area contributed by atoms with Crippen LogP contribution in [0.25, 0.3) is 16.7 Å². The number of pyridine rings is 1. The van der Waals surface area contributed by atoms with Gasteiger partial charge in [0.1, 0.15) is 0 Å². The van der Waals surface area contributed by atoms with Gasteiger partial charge in [0, 0.05) is 24.0 Å². The lowest BCUT2D eigenvalue weighted by atomic mass is 9.99. The SMILES string of the molecule is CCCCNC(=O)CCc1c(C)nc2c(c(C)nn2-c2ccc(C)cc2)c1C. The van der Waals surface area contributed by atoms with Crippen LogP contribution in [0.4, 0.5) is 0 Å². The Morgan fingerprint density at radius 1 is 1.07 bits per heavy atom. The highest BCUT2D eigenvalue weighted by molar-refractivity contribution is 5.85. The molecular formula is C23H30N4O. The van der Waals surface area contributed by atoms with Crippen molar-refractivity contribution in [3.63, 3.8) is 0 Å². The number of nitrogens with one attached hydrogen (secondary N) is 1. The van der Waals surface area contributed by atoms with Crippen LogP contribution in [0.5, 0.6) is 0 Å². The monoisotopic (exact) mass is 378 g/mol. The lowest BCUT2D eigenvalue weighted by molar-refractivity contribution is -0.121. The van der Waals surface area contributed by atoms with Gasteiger partial charge in [-0.2, -0.15) is 5.10 Å². The molecule has 0 fully saturated rings. The first-order valence-electron chi connectivity index (χ1n) is 10.1. The van der Waals surface area contributed by atoms with Gasteiger partial charge in [-0.15, -0.1) is 0 Å². The average Bonchev–Trinajstić information content (AvgIpc) is 2.98. The molecule has 3 aromatic rings. The molecule has 0 aliphatic heterocycles. The maximum atomic E-state index is 12.1. The molecule has 2 heterocycles. The number of unbranched alkanes of at least 4 members (excludes halogenated alkanes) is 1. The minimum Gasteiger partial charge on any atom is -0.356 e. The van der Waals surface area contributed by atoms with Crippen LogP contribution in [0.15, 0.2) is 24.3 Å². The number of aromatic nitrogens is 3. The fourth-order valence-corrected chi connectivity index (χ4v) is 3.67. The van der Waals surface area contributed by atoms with Crippen LogP contribution < -0.4 is 5.32 Å². The molecule has 0 saturated carbocycles.